The fourth-order valence-corrected chi connectivity index (χ4v) is 3.02. The van der Waals surface area contributed by atoms with E-state index in [9.17, 15) is 4.79 Å². The summed E-state index contributed by atoms with van der Waals surface area (Å²) in [6.07, 6.45) is 3.17. The Morgan fingerprint density at radius 3 is 2.79 bits per heavy atom. The minimum Gasteiger partial charge on any atom is -0.445 e. The highest BCUT2D eigenvalue weighted by Crippen LogP contribution is 2.36. The van der Waals surface area contributed by atoms with E-state index in [0.717, 1.165) is 44.5 Å². The van der Waals surface area contributed by atoms with Gasteiger partial charge in [-0.15, -0.1) is 0 Å². The number of likely N-dealkylation sites (tertiary alicyclic amines) is 1. The van der Waals surface area contributed by atoms with E-state index in [2.05, 4.69) is 5.32 Å². The molecule has 4 nitrogen and oxygen atoms in total. The van der Waals surface area contributed by atoms with Crippen LogP contribution in [0.5, 0.6) is 0 Å². The number of nitrogens with zero attached hydrogens (tertiary/aromatic N) is 1. The molecule has 2 fully saturated rings. The molecule has 4 heteroatoms. The van der Waals surface area contributed by atoms with Crippen molar-refractivity contribution in [2.24, 2.45) is 0 Å². The average molecular weight is 260 g/mol. The summed E-state index contributed by atoms with van der Waals surface area (Å²) < 4.78 is 5.42. The predicted octanol–water partition coefficient (Wildman–Crippen LogP) is 2.15. The van der Waals surface area contributed by atoms with Crippen LogP contribution in [0.25, 0.3) is 0 Å². The molecule has 0 aliphatic carbocycles. The Hall–Kier alpha value is -1.55. The normalized spacial score (nSPS) is 26.0. The highest BCUT2D eigenvalue weighted by Gasteiger charge is 2.48. The van der Waals surface area contributed by atoms with Crippen LogP contribution in [0, 0.1) is 0 Å². The quantitative estimate of drug-likeness (QED) is 0.886. The Morgan fingerprint density at radius 1 is 1.32 bits per heavy atom. The maximum Gasteiger partial charge on any atom is 0.410 e. The van der Waals surface area contributed by atoms with Gasteiger partial charge < -0.3 is 15.0 Å². The van der Waals surface area contributed by atoms with E-state index < -0.39 is 0 Å². The van der Waals surface area contributed by atoms with Gasteiger partial charge in [0, 0.05) is 13.1 Å². The molecule has 2 saturated heterocycles. The molecule has 1 atom stereocenters. The van der Waals surface area contributed by atoms with Gasteiger partial charge in [0.25, 0.3) is 0 Å². The van der Waals surface area contributed by atoms with Gasteiger partial charge in [0.15, 0.2) is 0 Å². The molecule has 1 aromatic carbocycles. The van der Waals surface area contributed by atoms with E-state index in [1.54, 1.807) is 0 Å². The SMILES string of the molecule is O=C(OCc1ccccc1)N1CCC12CCCNC2. The van der Waals surface area contributed by atoms with Gasteiger partial charge in [-0.25, -0.2) is 4.79 Å². The van der Waals surface area contributed by atoms with Crippen LogP contribution in [0.3, 0.4) is 0 Å². The number of hydrogen-bond acceptors (Lipinski definition) is 3. The Kier molecular flexibility index (Phi) is 3.42. The fraction of sp³-hybridized carbons (Fsp3) is 0.533. The zero-order chi connectivity index (χ0) is 13.1. The number of carbonyl (C=O) groups excluding carboxylic acids is 1. The lowest BCUT2D eigenvalue weighted by Gasteiger charge is -2.54. The number of ether oxygens (including phenoxy) is 1. The van der Waals surface area contributed by atoms with Gasteiger partial charge in [0.05, 0.1) is 5.54 Å². The molecule has 2 aliphatic rings. The summed E-state index contributed by atoms with van der Waals surface area (Å²) in [5.74, 6) is 0. The van der Waals surface area contributed by atoms with E-state index in [0.29, 0.717) is 6.61 Å². The molecule has 19 heavy (non-hydrogen) atoms. The first-order valence-electron chi connectivity index (χ1n) is 6.99. The van der Waals surface area contributed by atoms with Gasteiger partial charge in [-0.05, 0) is 31.4 Å². The van der Waals surface area contributed by atoms with Crippen LogP contribution in [-0.2, 0) is 11.3 Å². The van der Waals surface area contributed by atoms with Crippen LogP contribution in [0.1, 0.15) is 24.8 Å². The van der Waals surface area contributed by atoms with Crippen molar-refractivity contribution in [3.8, 4) is 0 Å². The van der Waals surface area contributed by atoms with Crippen molar-refractivity contribution in [3.05, 3.63) is 35.9 Å². The molecule has 102 valence electrons. The smallest absolute Gasteiger partial charge is 0.410 e. The van der Waals surface area contributed by atoms with Crippen molar-refractivity contribution in [2.75, 3.05) is 19.6 Å². The van der Waals surface area contributed by atoms with E-state index in [1.165, 1.54) is 0 Å². The molecule has 2 aliphatic heterocycles. The molecule has 1 spiro atoms. The van der Waals surface area contributed by atoms with E-state index in [-0.39, 0.29) is 11.6 Å². The number of amides is 1. The zero-order valence-corrected chi connectivity index (χ0v) is 11.1. The molecule has 1 N–H and O–H groups in total. The van der Waals surface area contributed by atoms with E-state index in [4.69, 9.17) is 4.74 Å². The third-order valence-corrected chi connectivity index (χ3v) is 4.25. The van der Waals surface area contributed by atoms with Gasteiger partial charge in [0.1, 0.15) is 6.61 Å². The second kappa shape index (κ2) is 5.21. The first-order chi connectivity index (χ1) is 9.30. The molecule has 3 rings (SSSR count). The lowest BCUT2D eigenvalue weighted by molar-refractivity contribution is -0.0298. The first-order valence-corrected chi connectivity index (χ1v) is 6.99. The first kappa shape index (κ1) is 12.5. The summed E-state index contributed by atoms with van der Waals surface area (Å²) in [7, 11) is 0. The fourth-order valence-electron chi connectivity index (χ4n) is 3.02. The van der Waals surface area contributed by atoms with Gasteiger partial charge in [-0.3, -0.25) is 0 Å². The second-order valence-electron chi connectivity index (χ2n) is 5.45. The Labute approximate surface area is 113 Å². The van der Waals surface area contributed by atoms with Crippen molar-refractivity contribution < 1.29 is 9.53 Å². The summed E-state index contributed by atoms with van der Waals surface area (Å²) in [6, 6.07) is 9.82. The molecule has 0 radical (unpaired) electrons. The predicted molar refractivity (Wildman–Crippen MR) is 72.8 cm³/mol. The topological polar surface area (TPSA) is 41.6 Å². The van der Waals surface area contributed by atoms with Gasteiger partial charge >= 0.3 is 6.09 Å². The van der Waals surface area contributed by atoms with Crippen molar-refractivity contribution in [3.63, 3.8) is 0 Å². The maximum absolute atomic E-state index is 12.1. The number of benzene rings is 1. The van der Waals surface area contributed by atoms with Gasteiger partial charge in [-0.2, -0.15) is 0 Å². The molecule has 0 saturated carbocycles. The lowest BCUT2D eigenvalue weighted by atomic mass is 9.79. The number of hydrogen-bond donors (Lipinski definition) is 1. The molecule has 0 aromatic heterocycles. The number of rotatable bonds is 2. The molecule has 2 heterocycles. The van der Waals surface area contributed by atoms with E-state index in [1.807, 2.05) is 35.2 Å². The summed E-state index contributed by atoms with van der Waals surface area (Å²) in [5.41, 5.74) is 1.07. The van der Waals surface area contributed by atoms with Crippen LogP contribution in [0.15, 0.2) is 30.3 Å². The van der Waals surface area contributed by atoms with Crippen LogP contribution >= 0.6 is 0 Å². The lowest BCUT2D eigenvalue weighted by Crippen LogP contribution is -2.68. The molecule has 1 aromatic rings. The monoisotopic (exact) mass is 260 g/mol. The summed E-state index contributed by atoms with van der Waals surface area (Å²) in [5, 5.41) is 3.39. The van der Waals surface area contributed by atoms with Gasteiger partial charge in [0.2, 0.25) is 0 Å². The summed E-state index contributed by atoms with van der Waals surface area (Å²) in [6.45, 7) is 3.16. The number of nitrogens with one attached hydrogen (secondary N) is 1. The van der Waals surface area contributed by atoms with E-state index >= 15 is 0 Å². The highest BCUT2D eigenvalue weighted by molar-refractivity contribution is 5.70. The zero-order valence-electron chi connectivity index (χ0n) is 11.1. The van der Waals surface area contributed by atoms with Crippen molar-refractivity contribution in [2.45, 2.75) is 31.4 Å². The van der Waals surface area contributed by atoms with Gasteiger partial charge in [-0.1, -0.05) is 30.3 Å². The number of piperidine rings is 1. The summed E-state index contributed by atoms with van der Waals surface area (Å²) in [4.78, 5) is 14.1. The Morgan fingerprint density at radius 2 is 2.16 bits per heavy atom. The molecular formula is C15H20N2O2. The van der Waals surface area contributed by atoms with Crippen LogP contribution in [0.2, 0.25) is 0 Å². The van der Waals surface area contributed by atoms with Crippen molar-refractivity contribution >= 4 is 6.09 Å². The minimum absolute atomic E-state index is 0.0338. The highest BCUT2D eigenvalue weighted by atomic mass is 16.6. The van der Waals surface area contributed by atoms with Crippen LogP contribution in [0.4, 0.5) is 4.79 Å². The Bertz CT molecular complexity index is 441. The minimum atomic E-state index is -0.168. The standard InChI is InChI=1S/C15H20N2O2/c18-14(19-11-13-5-2-1-3-6-13)17-10-8-15(17)7-4-9-16-12-15/h1-3,5-6,16H,4,7-12H2. The average Bonchev–Trinajstić information content (AvgIpc) is 2.46. The third kappa shape index (κ3) is 2.45. The largest absolute Gasteiger partial charge is 0.445 e. The Balaban J connectivity index is 1.56. The number of carbonyl (C=O) groups is 1. The summed E-state index contributed by atoms with van der Waals surface area (Å²) >= 11 is 0. The van der Waals surface area contributed by atoms with Crippen LogP contribution in [-0.4, -0.2) is 36.2 Å². The third-order valence-electron chi connectivity index (χ3n) is 4.25. The second-order valence-corrected chi connectivity index (χ2v) is 5.45. The molecule has 1 unspecified atom stereocenters. The molecule has 1 amide bonds. The van der Waals surface area contributed by atoms with Crippen molar-refractivity contribution in [1.82, 2.24) is 10.2 Å². The van der Waals surface area contributed by atoms with Crippen LogP contribution < -0.4 is 5.32 Å². The molecule has 0 bridgehead atoms. The van der Waals surface area contributed by atoms with Crippen molar-refractivity contribution in [1.29, 1.82) is 0 Å². The molecular weight excluding hydrogens is 240 g/mol. The maximum atomic E-state index is 12.1.